The van der Waals surface area contributed by atoms with E-state index in [4.69, 9.17) is 9.51 Å². The van der Waals surface area contributed by atoms with E-state index in [1.165, 1.54) is 12.1 Å². The first-order chi connectivity index (χ1) is 15.5. The smallest absolute Gasteiger partial charge is 0.256 e. The fourth-order valence-electron chi connectivity index (χ4n) is 5.35. The first-order valence-electron chi connectivity index (χ1n) is 11.7. The SMILES string of the molecule is C[B]C1CCCn2c1nc(C)c(CCN1CCC(c3noc4cc(F)ccc34)CC1)c2=O. The Labute approximate surface area is 188 Å². The van der Waals surface area contributed by atoms with Crippen LogP contribution in [0.15, 0.2) is 27.5 Å². The molecule has 1 fully saturated rings. The summed E-state index contributed by atoms with van der Waals surface area (Å²) >= 11 is 0. The highest BCUT2D eigenvalue weighted by molar-refractivity contribution is 6.35. The zero-order valence-corrected chi connectivity index (χ0v) is 18.8. The van der Waals surface area contributed by atoms with Gasteiger partial charge in [0, 0.05) is 41.7 Å². The first kappa shape index (κ1) is 21.4. The number of likely N-dealkylation sites (tertiary alicyclic amines) is 1. The predicted molar refractivity (Wildman–Crippen MR) is 123 cm³/mol. The molecule has 32 heavy (non-hydrogen) atoms. The van der Waals surface area contributed by atoms with Gasteiger partial charge < -0.3 is 9.42 Å². The van der Waals surface area contributed by atoms with Crippen molar-refractivity contribution in [1.29, 1.82) is 0 Å². The predicted octanol–water partition coefficient (Wildman–Crippen LogP) is 3.84. The molecule has 1 saturated heterocycles. The summed E-state index contributed by atoms with van der Waals surface area (Å²) in [6.45, 7) is 7.57. The van der Waals surface area contributed by atoms with Crippen LogP contribution in [0.3, 0.4) is 0 Å². The van der Waals surface area contributed by atoms with Gasteiger partial charge in [0.1, 0.15) is 18.9 Å². The van der Waals surface area contributed by atoms with Crippen molar-refractivity contribution in [2.75, 3.05) is 19.6 Å². The molecular formula is C24H29BFN4O2. The van der Waals surface area contributed by atoms with Gasteiger partial charge >= 0.3 is 0 Å². The Morgan fingerprint density at radius 3 is 2.81 bits per heavy atom. The van der Waals surface area contributed by atoms with Crippen LogP contribution in [0.25, 0.3) is 11.0 Å². The average Bonchev–Trinajstić information content (AvgIpc) is 3.22. The number of nitrogens with zero attached hydrogens (tertiary/aromatic N) is 4. The van der Waals surface area contributed by atoms with E-state index in [9.17, 15) is 9.18 Å². The molecule has 5 rings (SSSR count). The van der Waals surface area contributed by atoms with Crippen LogP contribution in [0.4, 0.5) is 4.39 Å². The number of fused-ring (bicyclic) bond motifs is 2. The van der Waals surface area contributed by atoms with Gasteiger partial charge in [-0.2, -0.15) is 0 Å². The van der Waals surface area contributed by atoms with Crippen LogP contribution in [0.5, 0.6) is 0 Å². The lowest BCUT2D eigenvalue weighted by Crippen LogP contribution is -2.38. The van der Waals surface area contributed by atoms with Crippen LogP contribution < -0.4 is 5.56 Å². The van der Waals surface area contributed by atoms with E-state index < -0.39 is 0 Å². The second-order valence-electron chi connectivity index (χ2n) is 9.15. The van der Waals surface area contributed by atoms with E-state index >= 15 is 0 Å². The molecule has 167 valence electrons. The molecule has 3 aromatic rings. The zero-order chi connectivity index (χ0) is 22.2. The molecule has 0 aliphatic carbocycles. The molecule has 2 aliphatic rings. The monoisotopic (exact) mass is 435 g/mol. The Morgan fingerprint density at radius 1 is 1.22 bits per heavy atom. The number of aryl methyl sites for hydroxylation is 1. The van der Waals surface area contributed by atoms with E-state index in [-0.39, 0.29) is 17.2 Å². The quantitative estimate of drug-likeness (QED) is 0.570. The molecule has 1 unspecified atom stereocenters. The summed E-state index contributed by atoms with van der Waals surface area (Å²) in [6.07, 6.45) is 4.80. The van der Waals surface area contributed by atoms with Crippen LogP contribution in [0, 0.1) is 12.7 Å². The fraction of sp³-hybridized carbons (Fsp3) is 0.542. The van der Waals surface area contributed by atoms with Crippen LogP contribution in [-0.2, 0) is 13.0 Å². The molecule has 0 spiro atoms. The average molecular weight is 435 g/mol. The van der Waals surface area contributed by atoms with Crippen LogP contribution in [-0.4, -0.2) is 46.5 Å². The van der Waals surface area contributed by atoms with Crippen molar-refractivity contribution in [3.05, 3.63) is 57.1 Å². The number of hydrogen-bond donors (Lipinski definition) is 0. The second-order valence-corrected chi connectivity index (χ2v) is 9.15. The molecule has 1 atom stereocenters. The molecule has 0 amide bonds. The lowest BCUT2D eigenvalue weighted by atomic mass is 9.63. The molecule has 6 nitrogen and oxygen atoms in total. The molecular weight excluding hydrogens is 406 g/mol. The molecule has 4 heterocycles. The molecule has 2 aromatic heterocycles. The number of rotatable bonds is 5. The van der Waals surface area contributed by atoms with Crippen molar-refractivity contribution < 1.29 is 8.91 Å². The minimum atomic E-state index is -0.304. The molecule has 1 aromatic carbocycles. The highest BCUT2D eigenvalue weighted by Gasteiger charge is 2.27. The van der Waals surface area contributed by atoms with E-state index in [0.717, 1.165) is 86.4 Å². The molecule has 0 N–H and O–H groups in total. The summed E-state index contributed by atoms with van der Waals surface area (Å²) in [4.78, 5) is 20.4. The van der Waals surface area contributed by atoms with Gasteiger partial charge in [-0.15, -0.1) is 0 Å². The van der Waals surface area contributed by atoms with E-state index in [0.29, 0.717) is 11.5 Å². The Morgan fingerprint density at radius 2 is 2.03 bits per heavy atom. The minimum absolute atomic E-state index is 0.148. The second kappa shape index (κ2) is 8.81. The van der Waals surface area contributed by atoms with Gasteiger partial charge in [-0.05, 0) is 70.1 Å². The Bertz CT molecular complexity index is 1180. The maximum absolute atomic E-state index is 13.4. The summed E-state index contributed by atoms with van der Waals surface area (Å²) in [5.41, 5.74) is 3.34. The number of piperidine rings is 1. The van der Waals surface area contributed by atoms with Gasteiger partial charge in [-0.1, -0.05) is 12.0 Å². The van der Waals surface area contributed by atoms with Gasteiger partial charge in [0.25, 0.3) is 5.56 Å². The summed E-state index contributed by atoms with van der Waals surface area (Å²) in [5, 5.41) is 5.15. The molecule has 8 heteroatoms. The van der Waals surface area contributed by atoms with Crippen molar-refractivity contribution in [2.24, 2.45) is 0 Å². The van der Waals surface area contributed by atoms with Crippen molar-refractivity contribution in [3.8, 4) is 0 Å². The maximum Gasteiger partial charge on any atom is 0.256 e. The topological polar surface area (TPSA) is 64.2 Å². The van der Waals surface area contributed by atoms with Crippen molar-refractivity contribution in [2.45, 2.75) is 64.1 Å². The normalized spacial score (nSPS) is 19.9. The molecule has 0 bridgehead atoms. The lowest BCUT2D eigenvalue weighted by Gasteiger charge is -2.31. The van der Waals surface area contributed by atoms with Gasteiger partial charge in [0.05, 0.1) is 5.69 Å². The summed E-state index contributed by atoms with van der Waals surface area (Å²) in [6, 6.07) is 4.63. The molecule has 0 saturated carbocycles. The molecule has 2 aliphatic heterocycles. The largest absolute Gasteiger partial charge is 0.356 e. The molecule has 1 radical (unpaired) electrons. The minimum Gasteiger partial charge on any atom is -0.356 e. The number of halogens is 1. The first-order valence-corrected chi connectivity index (χ1v) is 11.7. The van der Waals surface area contributed by atoms with Crippen molar-refractivity contribution in [1.82, 2.24) is 19.6 Å². The van der Waals surface area contributed by atoms with E-state index in [2.05, 4.69) is 24.2 Å². The number of benzene rings is 1. The Balaban J connectivity index is 1.24. The van der Waals surface area contributed by atoms with Gasteiger partial charge in [-0.3, -0.25) is 9.36 Å². The van der Waals surface area contributed by atoms with Crippen molar-refractivity contribution in [3.63, 3.8) is 0 Å². The summed E-state index contributed by atoms with van der Waals surface area (Å²) in [5.74, 6) is 1.23. The fourth-order valence-corrected chi connectivity index (χ4v) is 5.35. The summed E-state index contributed by atoms with van der Waals surface area (Å²) in [7, 11) is 2.16. The third-order valence-electron chi connectivity index (χ3n) is 7.24. The van der Waals surface area contributed by atoms with Crippen molar-refractivity contribution >= 4 is 18.2 Å². The van der Waals surface area contributed by atoms with Gasteiger partial charge in [0.2, 0.25) is 0 Å². The lowest BCUT2D eigenvalue weighted by molar-refractivity contribution is 0.211. The highest BCUT2D eigenvalue weighted by Crippen LogP contribution is 2.33. The number of hydrogen-bond acceptors (Lipinski definition) is 5. The third-order valence-corrected chi connectivity index (χ3v) is 7.24. The highest BCUT2D eigenvalue weighted by atomic mass is 19.1. The maximum atomic E-state index is 13.4. The summed E-state index contributed by atoms with van der Waals surface area (Å²) < 4.78 is 20.7. The third kappa shape index (κ3) is 3.89. The van der Waals surface area contributed by atoms with Crippen LogP contribution in [0.2, 0.25) is 6.82 Å². The van der Waals surface area contributed by atoms with Crippen LogP contribution >= 0.6 is 0 Å². The van der Waals surface area contributed by atoms with E-state index in [1.807, 2.05) is 11.5 Å². The van der Waals surface area contributed by atoms with E-state index in [1.54, 1.807) is 6.07 Å². The Hall–Kier alpha value is -2.48. The van der Waals surface area contributed by atoms with Gasteiger partial charge in [-0.25, -0.2) is 9.37 Å². The zero-order valence-electron chi connectivity index (χ0n) is 18.8. The van der Waals surface area contributed by atoms with Gasteiger partial charge in [0.15, 0.2) is 5.58 Å². The Kier molecular flexibility index (Phi) is 5.89. The standard InChI is InChI=1S/C24H29BFN4O2/c1-15-18(24(31)30-10-3-4-20(25-2)23(30)27-15)9-13-29-11-7-16(8-12-29)22-19-6-5-17(26)14-21(19)32-28-22/h5-6,14,16,20H,3-4,7-13H2,1-2H3. The van der Waals surface area contributed by atoms with Crippen LogP contribution in [0.1, 0.15) is 60.2 Å². The number of aromatic nitrogens is 3.